The Bertz CT molecular complexity index is 571. The third-order valence-electron chi connectivity index (χ3n) is 2.89. The molecular weight excluding hydrogens is 280 g/mol. The Morgan fingerprint density at radius 2 is 2.00 bits per heavy atom. The zero-order chi connectivity index (χ0) is 14.5. The van der Waals surface area contributed by atoms with E-state index in [0.717, 1.165) is 18.4 Å². The second kappa shape index (κ2) is 6.61. The quantitative estimate of drug-likeness (QED) is 0.758. The zero-order valence-corrected chi connectivity index (χ0v) is 12.5. The van der Waals surface area contributed by atoms with E-state index in [1.165, 1.54) is 0 Å². The van der Waals surface area contributed by atoms with Gasteiger partial charge in [0.15, 0.2) is 17.3 Å². The molecule has 2 rings (SSSR count). The fraction of sp³-hybridized carbons (Fsp3) is 0.429. The van der Waals surface area contributed by atoms with E-state index in [9.17, 15) is 0 Å². The van der Waals surface area contributed by atoms with Crippen molar-refractivity contribution in [3.05, 3.63) is 24.0 Å². The van der Waals surface area contributed by atoms with Crippen LogP contribution in [-0.2, 0) is 0 Å². The lowest BCUT2D eigenvalue weighted by Gasteiger charge is -2.07. The molecule has 0 spiro atoms. The number of hydrogen-bond donors (Lipinski definition) is 0. The van der Waals surface area contributed by atoms with Gasteiger partial charge in [0.1, 0.15) is 0 Å². The Morgan fingerprint density at radius 3 is 2.65 bits per heavy atom. The molecule has 0 radical (unpaired) electrons. The van der Waals surface area contributed by atoms with Crippen molar-refractivity contribution in [1.82, 2.24) is 10.1 Å². The first kappa shape index (κ1) is 14.7. The van der Waals surface area contributed by atoms with Gasteiger partial charge in [0, 0.05) is 5.56 Å². The summed E-state index contributed by atoms with van der Waals surface area (Å²) in [5.74, 6) is 2.19. The Labute approximate surface area is 122 Å². The molecule has 1 aromatic heterocycles. The third kappa shape index (κ3) is 3.04. The summed E-state index contributed by atoms with van der Waals surface area (Å²) in [6.07, 6.45) is 1.78. The van der Waals surface area contributed by atoms with Crippen LogP contribution in [0.15, 0.2) is 22.7 Å². The first-order valence-electron chi connectivity index (χ1n) is 6.39. The molecule has 1 atom stereocenters. The van der Waals surface area contributed by atoms with Crippen molar-refractivity contribution in [3.8, 4) is 23.0 Å². The van der Waals surface area contributed by atoms with Gasteiger partial charge in [-0.25, -0.2) is 0 Å². The van der Waals surface area contributed by atoms with Gasteiger partial charge in [-0.05, 0) is 24.6 Å². The van der Waals surface area contributed by atoms with Gasteiger partial charge in [-0.1, -0.05) is 18.5 Å². The first-order chi connectivity index (χ1) is 9.69. The summed E-state index contributed by atoms with van der Waals surface area (Å²) in [6, 6.07) is 5.42. The molecule has 1 heterocycles. The number of aromatic nitrogens is 2. The van der Waals surface area contributed by atoms with E-state index in [0.29, 0.717) is 23.2 Å². The molecule has 0 saturated heterocycles. The van der Waals surface area contributed by atoms with Crippen LogP contribution in [0.4, 0.5) is 0 Å². The van der Waals surface area contributed by atoms with Crippen molar-refractivity contribution in [2.24, 2.45) is 0 Å². The number of rotatable bonds is 6. The number of nitrogens with zero attached hydrogens (tertiary/aromatic N) is 2. The number of halogens is 1. The average Bonchev–Trinajstić information content (AvgIpc) is 2.96. The smallest absolute Gasteiger partial charge is 0.258 e. The van der Waals surface area contributed by atoms with Gasteiger partial charge < -0.3 is 14.0 Å². The van der Waals surface area contributed by atoms with Crippen LogP contribution in [0.5, 0.6) is 11.5 Å². The molecule has 0 fully saturated rings. The van der Waals surface area contributed by atoms with E-state index in [-0.39, 0.29) is 5.38 Å². The molecule has 0 N–H and O–H groups in total. The monoisotopic (exact) mass is 296 g/mol. The zero-order valence-electron chi connectivity index (χ0n) is 11.7. The van der Waals surface area contributed by atoms with Crippen LogP contribution < -0.4 is 9.47 Å². The topological polar surface area (TPSA) is 57.4 Å². The van der Waals surface area contributed by atoms with E-state index in [2.05, 4.69) is 17.1 Å². The van der Waals surface area contributed by atoms with Gasteiger partial charge in [-0.2, -0.15) is 4.98 Å². The van der Waals surface area contributed by atoms with E-state index in [4.69, 9.17) is 25.6 Å². The molecule has 0 amide bonds. The van der Waals surface area contributed by atoms with E-state index in [1.807, 2.05) is 6.07 Å². The van der Waals surface area contributed by atoms with Gasteiger partial charge in [-0.15, -0.1) is 11.6 Å². The largest absolute Gasteiger partial charge is 0.493 e. The van der Waals surface area contributed by atoms with Crippen LogP contribution in [0, 0.1) is 0 Å². The second-order valence-electron chi connectivity index (χ2n) is 4.28. The maximum absolute atomic E-state index is 6.18. The molecule has 0 aliphatic carbocycles. The summed E-state index contributed by atoms with van der Waals surface area (Å²) in [4.78, 5) is 4.32. The lowest BCUT2D eigenvalue weighted by molar-refractivity contribution is 0.355. The number of alkyl halides is 1. The van der Waals surface area contributed by atoms with E-state index in [1.54, 1.807) is 26.4 Å². The Hall–Kier alpha value is -1.75. The number of ether oxygens (including phenoxy) is 2. The molecule has 1 aromatic carbocycles. The molecule has 0 aliphatic rings. The fourth-order valence-electron chi connectivity index (χ4n) is 1.83. The van der Waals surface area contributed by atoms with E-state index >= 15 is 0 Å². The standard InChI is InChI=1S/C14H17ClN2O3/c1-4-5-10(15)13-16-14(20-17-13)9-6-7-11(18-2)12(8-9)19-3/h6-8,10H,4-5H2,1-3H3. The van der Waals surface area contributed by atoms with Crippen LogP contribution in [-0.4, -0.2) is 24.4 Å². The van der Waals surface area contributed by atoms with Crippen molar-refractivity contribution >= 4 is 11.6 Å². The summed E-state index contributed by atoms with van der Waals surface area (Å²) in [5.41, 5.74) is 0.766. The molecule has 0 bridgehead atoms. The van der Waals surface area contributed by atoms with Crippen molar-refractivity contribution in [3.63, 3.8) is 0 Å². The van der Waals surface area contributed by atoms with Crippen molar-refractivity contribution in [2.45, 2.75) is 25.1 Å². The van der Waals surface area contributed by atoms with Gasteiger partial charge in [0.2, 0.25) is 0 Å². The maximum Gasteiger partial charge on any atom is 0.258 e. The minimum Gasteiger partial charge on any atom is -0.493 e. The Morgan fingerprint density at radius 1 is 1.25 bits per heavy atom. The molecule has 6 heteroatoms. The molecule has 108 valence electrons. The molecule has 20 heavy (non-hydrogen) atoms. The highest BCUT2D eigenvalue weighted by atomic mass is 35.5. The molecule has 2 aromatic rings. The summed E-state index contributed by atoms with van der Waals surface area (Å²) >= 11 is 6.18. The fourth-order valence-corrected chi connectivity index (χ4v) is 2.14. The Balaban J connectivity index is 2.28. The molecule has 1 unspecified atom stereocenters. The molecule has 5 nitrogen and oxygen atoms in total. The Kier molecular flexibility index (Phi) is 4.84. The number of benzene rings is 1. The number of methoxy groups -OCH3 is 2. The van der Waals surface area contributed by atoms with Crippen molar-refractivity contribution in [1.29, 1.82) is 0 Å². The third-order valence-corrected chi connectivity index (χ3v) is 3.31. The SMILES string of the molecule is CCCC(Cl)c1noc(-c2ccc(OC)c(OC)c2)n1. The molecular formula is C14H17ClN2O3. The highest BCUT2D eigenvalue weighted by Gasteiger charge is 2.17. The maximum atomic E-state index is 6.18. The van der Waals surface area contributed by atoms with Crippen molar-refractivity contribution < 1.29 is 14.0 Å². The summed E-state index contributed by atoms with van der Waals surface area (Å²) in [7, 11) is 3.17. The second-order valence-corrected chi connectivity index (χ2v) is 4.81. The van der Waals surface area contributed by atoms with E-state index < -0.39 is 0 Å². The van der Waals surface area contributed by atoms with Crippen LogP contribution in [0.1, 0.15) is 31.0 Å². The van der Waals surface area contributed by atoms with Gasteiger partial charge >= 0.3 is 0 Å². The normalized spacial score (nSPS) is 12.2. The minimum atomic E-state index is -0.224. The lowest BCUT2D eigenvalue weighted by Crippen LogP contribution is -1.93. The predicted octanol–water partition coefficient (Wildman–Crippen LogP) is 3.83. The molecule has 0 saturated carbocycles. The summed E-state index contributed by atoms with van der Waals surface area (Å²) < 4.78 is 15.7. The number of hydrogen-bond acceptors (Lipinski definition) is 5. The van der Waals surface area contributed by atoms with Crippen molar-refractivity contribution in [2.75, 3.05) is 14.2 Å². The lowest BCUT2D eigenvalue weighted by atomic mass is 10.2. The van der Waals surface area contributed by atoms with Crippen LogP contribution >= 0.6 is 11.6 Å². The minimum absolute atomic E-state index is 0.224. The predicted molar refractivity (Wildman–Crippen MR) is 76.3 cm³/mol. The summed E-state index contributed by atoms with van der Waals surface area (Å²) in [5, 5.41) is 3.69. The summed E-state index contributed by atoms with van der Waals surface area (Å²) in [6.45, 7) is 2.06. The van der Waals surface area contributed by atoms with Crippen LogP contribution in [0.25, 0.3) is 11.5 Å². The molecule has 0 aliphatic heterocycles. The average molecular weight is 297 g/mol. The van der Waals surface area contributed by atoms with Gasteiger partial charge in [-0.3, -0.25) is 0 Å². The first-order valence-corrected chi connectivity index (χ1v) is 6.83. The van der Waals surface area contributed by atoms with Crippen LogP contribution in [0.2, 0.25) is 0 Å². The van der Waals surface area contributed by atoms with Gasteiger partial charge in [0.25, 0.3) is 5.89 Å². The van der Waals surface area contributed by atoms with Gasteiger partial charge in [0.05, 0.1) is 19.6 Å². The highest BCUT2D eigenvalue weighted by molar-refractivity contribution is 6.20. The highest BCUT2D eigenvalue weighted by Crippen LogP contribution is 2.32. The van der Waals surface area contributed by atoms with Crippen LogP contribution in [0.3, 0.4) is 0 Å².